The third-order valence-electron chi connectivity index (χ3n) is 5.35. The predicted molar refractivity (Wildman–Crippen MR) is 111 cm³/mol. The van der Waals surface area contributed by atoms with Crippen molar-refractivity contribution in [1.29, 1.82) is 0 Å². The van der Waals surface area contributed by atoms with E-state index >= 15 is 0 Å². The van der Waals surface area contributed by atoms with Gasteiger partial charge in [0.25, 0.3) is 0 Å². The summed E-state index contributed by atoms with van der Waals surface area (Å²) in [6, 6.07) is 0.250. The van der Waals surface area contributed by atoms with Gasteiger partial charge in [-0.05, 0) is 55.9 Å². The van der Waals surface area contributed by atoms with Gasteiger partial charge in [-0.1, -0.05) is 13.8 Å². The molecule has 0 bridgehead atoms. The monoisotopic (exact) mass is 408 g/mol. The number of thiophene rings is 1. The Hall–Kier alpha value is -1.25. The maximum Gasteiger partial charge on any atom is 0.216 e. The van der Waals surface area contributed by atoms with E-state index in [9.17, 15) is 8.42 Å². The normalized spacial score (nSPS) is 19.9. The number of piperidine rings is 1. The fourth-order valence-electron chi connectivity index (χ4n) is 3.83. The standard InChI is InChI=1S/C19H28N4O2S2/c1-12(2)10-14-11-26-19-17(14)18(20-13(3)21-19)22-15-6-8-23(9-7-15)27(24,25)16-4-5-16/h11-12,15-16H,4-10H2,1-3H3,(H,20,21,22). The minimum atomic E-state index is -3.06. The number of nitrogens with one attached hydrogen (secondary N) is 1. The number of rotatable bonds is 6. The first-order chi connectivity index (χ1) is 12.8. The molecule has 3 heterocycles. The van der Waals surface area contributed by atoms with E-state index < -0.39 is 10.0 Å². The van der Waals surface area contributed by atoms with Crippen LogP contribution in [0, 0.1) is 12.8 Å². The summed E-state index contributed by atoms with van der Waals surface area (Å²) >= 11 is 1.68. The topological polar surface area (TPSA) is 75.2 Å². The number of anilines is 1. The third-order valence-corrected chi connectivity index (χ3v) is 8.67. The van der Waals surface area contributed by atoms with Crippen LogP contribution in [-0.2, 0) is 16.4 Å². The van der Waals surface area contributed by atoms with Crippen molar-refractivity contribution in [2.75, 3.05) is 18.4 Å². The minimum Gasteiger partial charge on any atom is -0.367 e. The van der Waals surface area contributed by atoms with Crippen LogP contribution in [0.2, 0.25) is 0 Å². The Bertz CT molecular complexity index is 927. The van der Waals surface area contributed by atoms with E-state index in [0.717, 1.165) is 54.0 Å². The first-order valence-corrected chi connectivity index (χ1v) is 12.2. The Labute approximate surface area is 165 Å². The van der Waals surface area contributed by atoms with Crippen molar-refractivity contribution >= 4 is 37.4 Å². The second kappa shape index (κ2) is 7.29. The molecule has 1 saturated carbocycles. The van der Waals surface area contributed by atoms with Crippen LogP contribution in [0.25, 0.3) is 10.2 Å². The van der Waals surface area contributed by atoms with E-state index in [2.05, 4.69) is 29.5 Å². The Morgan fingerprint density at radius 3 is 2.56 bits per heavy atom. The number of sulfonamides is 1. The zero-order valence-electron chi connectivity index (χ0n) is 16.2. The highest BCUT2D eigenvalue weighted by molar-refractivity contribution is 7.90. The summed E-state index contributed by atoms with van der Waals surface area (Å²) in [6.45, 7) is 7.58. The summed E-state index contributed by atoms with van der Waals surface area (Å²) in [6.07, 6.45) is 4.31. The van der Waals surface area contributed by atoms with Gasteiger partial charge >= 0.3 is 0 Å². The predicted octanol–water partition coefficient (Wildman–Crippen LogP) is 3.57. The van der Waals surface area contributed by atoms with Gasteiger partial charge in [-0.3, -0.25) is 0 Å². The van der Waals surface area contributed by atoms with E-state index in [1.165, 1.54) is 5.56 Å². The van der Waals surface area contributed by atoms with Gasteiger partial charge in [0.15, 0.2) is 0 Å². The summed E-state index contributed by atoms with van der Waals surface area (Å²) in [5.41, 5.74) is 1.31. The molecule has 1 N–H and O–H groups in total. The Kier molecular flexibility index (Phi) is 5.16. The highest BCUT2D eigenvalue weighted by atomic mass is 32.2. The lowest BCUT2D eigenvalue weighted by atomic mass is 10.0. The molecule has 0 radical (unpaired) electrons. The van der Waals surface area contributed by atoms with Crippen LogP contribution >= 0.6 is 11.3 Å². The fourth-order valence-corrected chi connectivity index (χ4v) is 6.70. The average molecular weight is 409 g/mol. The Morgan fingerprint density at radius 1 is 1.22 bits per heavy atom. The van der Waals surface area contributed by atoms with Gasteiger partial charge < -0.3 is 5.32 Å². The van der Waals surface area contributed by atoms with Crippen molar-refractivity contribution in [3.8, 4) is 0 Å². The van der Waals surface area contributed by atoms with Gasteiger partial charge in [0.1, 0.15) is 16.5 Å². The van der Waals surface area contributed by atoms with Gasteiger partial charge in [0.05, 0.1) is 10.6 Å². The lowest BCUT2D eigenvalue weighted by molar-refractivity contribution is 0.329. The molecule has 2 aromatic rings. The van der Waals surface area contributed by atoms with Crippen molar-refractivity contribution in [2.24, 2.45) is 5.92 Å². The van der Waals surface area contributed by atoms with Crippen LogP contribution in [-0.4, -0.2) is 47.1 Å². The molecule has 0 unspecified atom stereocenters. The molecule has 27 heavy (non-hydrogen) atoms. The summed E-state index contributed by atoms with van der Waals surface area (Å²) in [5.74, 6) is 2.27. The zero-order chi connectivity index (χ0) is 19.2. The second-order valence-electron chi connectivity index (χ2n) is 8.22. The molecule has 2 fully saturated rings. The van der Waals surface area contributed by atoms with E-state index in [-0.39, 0.29) is 11.3 Å². The highest BCUT2D eigenvalue weighted by Crippen LogP contribution is 2.34. The van der Waals surface area contributed by atoms with Crippen LogP contribution in [0.15, 0.2) is 5.38 Å². The Balaban J connectivity index is 1.51. The van der Waals surface area contributed by atoms with Crippen LogP contribution in [0.1, 0.15) is 50.9 Å². The van der Waals surface area contributed by atoms with E-state index in [1.807, 2.05) is 6.92 Å². The number of fused-ring (bicyclic) bond motifs is 1. The molecule has 4 rings (SSSR count). The maximum absolute atomic E-state index is 12.4. The zero-order valence-corrected chi connectivity index (χ0v) is 17.9. The molecular weight excluding hydrogens is 380 g/mol. The molecular formula is C19H28N4O2S2. The second-order valence-corrected chi connectivity index (χ2v) is 11.3. The third kappa shape index (κ3) is 3.98. The smallest absolute Gasteiger partial charge is 0.216 e. The lowest BCUT2D eigenvalue weighted by Gasteiger charge is -2.32. The molecule has 6 nitrogen and oxygen atoms in total. The van der Waals surface area contributed by atoms with E-state index in [1.54, 1.807) is 15.6 Å². The van der Waals surface area contributed by atoms with Crippen molar-refractivity contribution < 1.29 is 8.42 Å². The average Bonchev–Trinajstić information content (AvgIpc) is 3.39. The van der Waals surface area contributed by atoms with Crippen molar-refractivity contribution in [3.63, 3.8) is 0 Å². The van der Waals surface area contributed by atoms with Gasteiger partial charge in [0, 0.05) is 19.1 Å². The highest BCUT2D eigenvalue weighted by Gasteiger charge is 2.41. The van der Waals surface area contributed by atoms with Gasteiger partial charge in [-0.2, -0.15) is 0 Å². The van der Waals surface area contributed by atoms with Gasteiger partial charge in [0.2, 0.25) is 10.0 Å². The number of hydrogen-bond acceptors (Lipinski definition) is 6. The van der Waals surface area contributed by atoms with Crippen LogP contribution in [0.4, 0.5) is 5.82 Å². The van der Waals surface area contributed by atoms with Crippen molar-refractivity contribution in [3.05, 3.63) is 16.8 Å². The SMILES string of the molecule is Cc1nc(NC2CCN(S(=O)(=O)C3CC3)CC2)c2c(CC(C)C)csc2n1. The molecule has 1 aliphatic carbocycles. The molecule has 0 spiro atoms. The lowest BCUT2D eigenvalue weighted by Crippen LogP contribution is -2.43. The summed E-state index contributed by atoms with van der Waals surface area (Å²) in [5, 5.41) is 6.85. The minimum absolute atomic E-state index is 0.115. The summed E-state index contributed by atoms with van der Waals surface area (Å²) in [7, 11) is -3.06. The molecule has 1 saturated heterocycles. The molecule has 2 aliphatic rings. The van der Waals surface area contributed by atoms with Gasteiger partial charge in [-0.15, -0.1) is 11.3 Å². The van der Waals surface area contributed by atoms with E-state index in [4.69, 9.17) is 4.98 Å². The van der Waals surface area contributed by atoms with Crippen LogP contribution in [0.5, 0.6) is 0 Å². The van der Waals surface area contributed by atoms with E-state index in [0.29, 0.717) is 19.0 Å². The van der Waals surface area contributed by atoms with Crippen LogP contribution < -0.4 is 5.32 Å². The summed E-state index contributed by atoms with van der Waals surface area (Å²) < 4.78 is 26.6. The Morgan fingerprint density at radius 2 is 1.93 bits per heavy atom. The van der Waals surface area contributed by atoms with Gasteiger partial charge in [-0.25, -0.2) is 22.7 Å². The quantitative estimate of drug-likeness (QED) is 0.791. The van der Waals surface area contributed by atoms with Crippen LogP contribution in [0.3, 0.4) is 0 Å². The van der Waals surface area contributed by atoms with Crippen molar-refractivity contribution in [1.82, 2.24) is 14.3 Å². The fraction of sp³-hybridized carbons (Fsp3) is 0.684. The molecule has 8 heteroatoms. The largest absolute Gasteiger partial charge is 0.367 e. The number of aryl methyl sites for hydroxylation is 1. The number of nitrogens with zero attached hydrogens (tertiary/aromatic N) is 3. The number of aromatic nitrogens is 2. The van der Waals surface area contributed by atoms with Crippen molar-refractivity contribution in [2.45, 2.75) is 64.2 Å². The molecule has 0 aromatic carbocycles. The molecule has 0 amide bonds. The molecule has 0 atom stereocenters. The number of hydrogen-bond donors (Lipinski definition) is 1. The molecule has 2 aromatic heterocycles. The first kappa shape index (κ1) is 19.1. The molecule has 148 valence electrons. The summed E-state index contributed by atoms with van der Waals surface area (Å²) in [4.78, 5) is 10.3. The molecule has 1 aliphatic heterocycles. The first-order valence-electron chi connectivity index (χ1n) is 9.85. The maximum atomic E-state index is 12.4.